The minimum absolute atomic E-state index is 0. The Labute approximate surface area is 141 Å². The van der Waals surface area contributed by atoms with Gasteiger partial charge in [-0.15, -0.1) is 6.58 Å². The first-order chi connectivity index (χ1) is 10.2. The minimum Gasteiger partial charge on any atom is -0.379 e. The van der Waals surface area contributed by atoms with E-state index in [4.69, 9.17) is 9.47 Å². The summed E-state index contributed by atoms with van der Waals surface area (Å²) in [5, 5.41) is 0. The molecule has 0 spiro atoms. The Morgan fingerprint density at radius 3 is 1.91 bits per heavy atom. The van der Waals surface area contributed by atoms with Crippen LogP contribution in [0.5, 0.6) is 0 Å². The Balaban J connectivity index is -0.000000827. The molecule has 0 atom stereocenters. The van der Waals surface area contributed by atoms with Gasteiger partial charge in [0.05, 0.1) is 19.8 Å². The van der Waals surface area contributed by atoms with Crippen LogP contribution in [0.15, 0.2) is 12.7 Å². The molecule has 3 nitrogen and oxygen atoms in total. The van der Waals surface area contributed by atoms with Crippen LogP contribution >= 0.6 is 0 Å². The Kier molecular flexibility index (Phi) is 30.8. The zero-order chi connectivity index (χ0) is 16.2. The van der Waals surface area contributed by atoms with Gasteiger partial charge < -0.3 is 14.4 Å². The van der Waals surface area contributed by atoms with Gasteiger partial charge in [-0.05, 0) is 33.4 Å². The first-order valence-corrected chi connectivity index (χ1v) is 8.63. The van der Waals surface area contributed by atoms with E-state index in [1.54, 1.807) is 6.08 Å². The quantitative estimate of drug-likeness (QED) is 0.326. The van der Waals surface area contributed by atoms with E-state index in [9.17, 15) is 0 Å². The van der Waals surface area contributed by atoms with Crippen molar-refractivity contribution in [3.63, 3.8) is 0 Å². The largest absolute Gasteiger partial charge is 0.379 e. The predicted molar refractivity (Wildman–Crippen MR) is 101 cm³/mol. The minimum atomic E-state index is 0. The SMILES string of the molecule is C.C=CC.CCCCCCCN(C)CCOCCOCCC. The highest BCUT2D eigenvalue weighted by molar-refractivity contribution is 4.52. The van der Waals surface area contributed by atoms with Gasteiger partial charge in [-0.2, -0.15) is 0 Å². The van der Waals surface area contributed by atoms with E-state index in [2.05, 4.69) is 32.4 Å². The van der Waals surface area contributed by atoms with Gasteiger partial charge in [0, 0.05) is 13.2 Å². The van der Waals surface area contributed by atoms with Gasteiger partial charge in [0.25, 0.3) is 0 Å². The third-order valence-electron chi connectivity index (χ3n) is 2.98. The maximum atomic E-state index is 5.53. The molecule has 0 saturated carbocycles. The first kappa shape index (κ1) is 26.5. The van der Waals surface area contributed by atoms with E-state index in [0.717, 1.165) is 39.4 Å². The highest BCUT2D eigenvalue weighted by Crippen LogP contribution is 2.02. The Hall–Kier alpha value is -0.380. The molecule has 0 rings (SSSR count). The molecule has 0 aromatic carbocycles. The number of unbranched alkanes of at least 4 members (excludes halogenated alkanes) is 4. The fourth-order valence-electron chi connectivity index (χ4n) is 1.78. The van der Waals surface area contributed by atoms with Crippen LogP contribution in [-0.2, 0) is 9.47 Å². The van der Waals surface area contributed by atoms with Gasteiger partial charge in [-0.25, -0.2) is 0 Å². The molecule has 3 heteroatoms. The van der Waals surface area contributed by atoms with E-state index in [1.165, 1.54) is 38.6 Å². The molecule has 0 fully saturated rings. The van der Waals surface area contributed by atoms with Crippen LogP contribution in [0.25, 0.3) is 0 Å². The lowest BCUT2D eigenvalue weighted by Crippen LogP contribution is -2.24. The van der Waals surface area contributed by atoms with Crippen molar-refractivity contribution in [2.45, 2.75) is 66.7 Å². The van der Waals surface area contributed by atoms with E-state index in [1.807, 2.05) is 6.92 Å². The van der Waals surface area contributed by atoms with Crippen molar-refractivity contribution in [2.24, 2.45) is 0 Å². The monoisotopic (exact) mass is 317 g/mol. The maximum Gasteiger partial charge on any atom is 0.0701 e. The summed E-state index contributed by atoms with van der Waals surface area (Å²) in [4.78, 5) is 2.36. The number of hydrogen-bond donors (Lipinski definition) is 0. The van der Waals surface area contributed by atoms with Gasteiger partial charge in [0.2, 0.25) is 0 Å². The zero-order valence-electron chi connectivity index (χ0n) is 15.0. The zero-order valence-corrected chi connectivity index (χ0v) is 15.0. The van der Waals surface area contributed by atoms with E-state index >= 15 is 0 Å². The molecular formula is C19H43NO2. The summed E-state index contributed by atoms with van der Waals surface area (Å²) in [6.07, 6.45) is 9.60. The summed E-state index contributed by atoms with van der Waals surface area (Å²) >= 11 is 0. The second-order valence-corrected chi connectivity index (χ2v) is 5.35. The molecule has 0 N–H and O–H groups in total. The molecule has 0 aliphatic rings. The summed E-state index contributed by atoms with van der Waals surface area (Å²) in [5.74, 6) is 0. The summed E-state index contributed by atoms with van der Waals surface area (Å²) in [6, 6.07) is 0. The average Bonchev–Trinajstić information content (AvgIpc) is 2.47. The van der Waals surface area contributed by atoms with Crippen molar-refractivity contribution in [2.75, 3.05) is 46.6 Å². The predicted octanol–water partition coefficient (Wildman–Crippen LogP) is 5.16. The van der Waals surface area contributed by atoms with Crippen LogP contribution in [0.4, 0.5) is 0 Å². The Bertz CT molecular complexity index is 186. The smallest absolute Gasteiger partial charge is 0.0701 e. The van der Waals surface area contributed by atoms with Crippen molar-refractivity contribution < 1.29 is 9.47 Å². The van der Waals surface area contributed by atoms with Gasteiger partial charge >= 0.3 is 0 Å². The number of rotatable bonds is 14. The fourth-order valence-corrected chi connectivity index (χ4v) is 1.78. The number of likely N-dealkylation sites (N-methyl/N-ethyl adjacent to an activating group) is 1. The maximum absolute atomic E-state index is 5.53. The van der Waals surface area contributed by atoms with Crippen LogP contribution in [0, 0.1) is 0 Å². The molecule has 0 bridgehead atoms. The highest BCUT2D eigenvalue weighted by Gasteiger charge is 1.98. The van der Waals surface area contributed by atoms with Gasteiger partial charge in [0.15, 0.2) is 0 Å². The second-order valence-electron chi connectivity index (χ2n) is 5.35. The molecule has 0 aromatic heterocycles. The van der Waals surface area contributed by atoms with Crippen molar-refractivity contribution >= 4 is 0 Å². The fraction of sp³-hybridized carbons (Fsp3) is 0.895. The Morgan fingerprint density at radius 2 is 1.36 bits per heavy atom. The third kappa shape index (κ3) is 27.9. The van der Waals surface area contributed by atoms with E-state index in [-0.39, 0.29) is 7.43 Å². The molecule has 0 heterocycles. The van der Waals surface area contributed by atoms with Crippen molar-refractivity contribution in [1.82, 2.24) is 4.90 Å². The number of nitrogens with zero attached hydrogens (tertiary/aromatic N) is 1. The van der Waals surface area contributed by atoms with E-state index in [0.29, 0.717) is 0 Å². The summed E-state index contributed by atoms with van der Waals surface area (Å²) in [5.41, 5.74) is 0. The summed E-state index contributed by atoms with van der Waals surface area (Å²) in [7, 11) is 2.18. The number of ether oxygens (including phenoxy) is 2. The molecule has 0 aromatic rings. The average molecular weight is 318 g/mol. The van der Waals surface area contributed by atoms with Crippen molar-refractivity contribution in [3.8, 4) is 0 Å². The van der Waals surface area contributed by atoms with Gasteiger partial charge in [-0.1, -0.05) is 53.0 Å². The molecule has 0 aliphatic heterocycles. The van der Waals surface area contributed by atoms with E-state index < -0.39 is 0 Å². The topological polar surface area (TPSA) is 21.7 Å². The van der Waals surface area contributed by atoms with Crippen LogP contribution in [0.3, 0.4) is 0 Å². The van der Waals surface area contributed by atoms with Crippen LogP contribution in [0.1, 0.15) is 66.7 Å². The number of hydrogen-bond acceptors (Lipinski definition) is 3. The van der Waals surface area contributed by atoms with Crippen LogP contribution in [0.2, 0.25) is 0 Å². The lowest BCUT2D eigenvalue weighted by Gasteiger charge is -2.16. The molecule has 0 aliphatic carbocycles. The molecular weight excluding hydrogens is 274 g/mol. The lowest BCUT2D eigenvalue weighted by atomic mass is 10.1. The summed E-state index contributed by atoms with van der Waals surface area (Å²) < 4.78 is 10.9. The first-order valence-electron chi connectivity index (χ1n) is 8.63. The highest BCUT2D eigenvalue weighted by atomic mass is 16.5. The lowest BCUT2D eigenvalue weighted by molar-refractivity contribution is 0.0410. The second kappa shape index (κ2) is 25.6. The van der Waals surface area contributed by atoms with Crippen molar-refractivity contribution in [1.29, 1.82) is 0 Å². The normalized spacial score (nSPS) is 9.86. The molecule has 0 unspecified atom stereocenters. The molecule has 0 saturated heterocycles. The van der Waals surface area contributed by atoms with Crippen LogP contribution in [-0.4, -0.2) is 51.5 Å². The molecule has 136 valence electrons. The standard InChI is InChI=1S/C15H33NO2.C3H6.CH4/c1-4-6-7-8-9-10-16(3)11-13-18-15-14-17-12-5-2;1-3-2;/h4-15H2,1-3H3;3H,1H2,2H3;1H4. The van der Waals surface area contributed by atoms with Gasteiger partial charge in [-0.3, -0.25) is 0 Å². The Morgan fingerprint density at radius 1 is 0.818 bits per heavy atom. The van der Waals surface area contributed by atoms with Crippen molar-refractivity contribution in [3.05, 3.63) is 12.7 Å². The molecule has 0 amide bonds. The van der Waals surface area contributed by atoms with Crippen LogP contribution < -0.4 is 0 Å². The third-order valence-corrected chi connectivity index (χ3v) is 2.98. The molecule has 22 heavy (non-hydrogen) atoms. The van der Waals surface area contributed by atoms with Gasteiger partial charge in [0.1, 0.15) is 0 Å². The summed E-state index contributed by atoms with van der Waals surface area (Å²) in [6.45, 7) is 15.0. The molecule has 0 radical (unpaired) electrons. The number of allylic oxidation sites excluding steroid dienone is 1.